The normalized spacial score (nSPS) is 15.8. The van der Waals surface area contributed by atoms with E-state index < -0.39 is 0 Å². The van der Waals surface area contributed by atoms with Crippen LogP contribution in [0.2, 0.25) is 0 Å². The summed E-state index contributed by atoms with van der Waals surface area (Å²) in [5, 5.41) is 0.901. The van der Waals surface area contributed by atoms with Crippen molar-refractivity contribution in [2.75, 3.05) is 20.2 Å². The molecule has 1 aliphatic heterocycles. The van der Waals surface area contributed by atoms with Gasteiger partial charge in [0.25, 0.3) is 5.91 Å². The lowest BCUT2D eigenvalue weighted by Gasteiger charge is -2.30. The van der Waals surface area contributed by atoms with E-state index in [0.717, 1.165) is 48.1 Å². The molecule has 0 radical (unpaired) electrons. The molecular formula is C18H21N2O2+. The van der Waals surface area contributed by atoms with E-state index >= 15 is 0 Å². The Balaban J connectivity index is 1.92. The molecule has 1 saturated heterocycles. The second kappa shape index (κ2) is 6.18. The summed E-state index contributed by atoms with van der Waals surface area (Å²) in [4.78, 5) is 18.0. The van der Waals surface area contributed by atoms with Gasteiger partial charge in [-0.2, -0.15) is 0 Å². The highest BCUT2D eigenvalue weighted by Crippen LogP contribution is 2.24. The molecular weight excluding hydrogens is 276 g/mol. The van der Waals surface area contributed by atoms with Crippen molar-refractivity contribution in [1.29, 1.82) is 0 Å². The number of nitrogens with zero attached hydrogens (tertiary/aromatic N) is 1. The summed E-state index contributed by atoms with van der Waals surface area (Å²) in [7, 11) is 1.63. The van der Waals surface area contributed by atoms with Gasteiger partial charge in [0, 0.05) is 25.2 Å². The van der Waals surface area contributed by atoms with Crippen molar-refractivity contribution in [2.45, 2.75) is 12.8 Å². The maximum Gasteiger partial charge on any atom is 0.254 e. The Morgan fingerprint density at radius 2 is 2.14 bits per heavy atom. The molecule has 0 atom stereocenters. The SMILES string of the molecule is C=CC1CCN(C(=O)c2cc[nH+]c3ccc(OC)cc23)CC1. The lowest BCUT2D eigenvalue weighted by Crippen LogP contribution is -2.38. The average molecular weight is 297 g/mol. The minimum Gasteiger partial charge on any atom is -0.497 e. The predicted molar refractivity (Wildman–Crippen MR) is 85.9 cm³/mol. The highest BCUT2D eigenvalue weighted by Gasteiger charge is 2.24. The van der Waals surface area contributed by atoms with Crippen molar-refractivity contribution in [3.05, 3.63) is 48.7 Å². The third-order valence-corrected chi connectivity index (χ3v) is 4.40. The van der Waals surface area contributed by atoms with Crippen LogP contribution in [0, 0.1) is 5.92 Å². The molecule has 4 heteroatoms. The molecule has 114 valence electrons. The summed E-state index contributed by atoms with van der Waals surface area (Å²) < 4.78 is 5.28. The Morgan fingerprint density at radius 3 is 2.82 bits per heavy atom. The number of methoxy groups -OCH3 is 1. The molecule has 1 N–H and O–H groups in total. The molecule has 3 rings (SSSR count). The number of aromatic nitrogens is 1. The topological polar surface area (TPSA) is 43.7 Å². The molecule has 1 aliphatic rings. The highest BCUT2D eigenvalue weighted by molar-refractivity contribution is 6.05. The second-order valence-corrected chi connectivity index (χ2v) is 5.67. The largest absolute Gasteiger partial charge is 0.497 e. The molecule has 2 aromatic rings. The van der Waals surface area contributed by atoms with Gasteiger partial charge >= 0.3 is 0 Å². The number of fused-ring (bicyclic) bond motifs is 1. The van der Waals surface area contributed by atoms with Gasteiger partial charge in [0.05, 0.1) is 18.1 Å². The standard InChI is InChI=1S/C18H20N2O2/c1-3-13-7-10-20(11-8-13)18(21)15-6-9-19-17-5-4-14(22-2)12-16(15)17/h3-6,9,12-13H,1,7-8,10-11H2,2H3/p+1. The number of H-pyrrole nitrogens is 1. The van der Waals surface area contributed by atoms with Crippen LogP contribution in [0.3, 0.4) is 0 Å². The molecule has 0 bridgehead atoms. The molecule has 1 fully saturated rings. The summed E-state index contributed by atoms with van der Waals surface area (Å²) in [5.74, 6) is 1.38. The molecule has 4 nitrogen and oxygen atoms in total. The number of carbonyl (C=O) groups is 1. The van der Waals surface area contributed by atoms with Gasteiger partial charge in [-0.05, 0) is 30.9 Å². The molecule has 1 aromatic carbocycles. The molecule has 2 heterocycles. The maximum absolute atomic E-state index is 12.9. The lowest BCUT2D eigenvalue weighted by atomic mass is 9.96. The number of allylic oxidation sites excluding steroid dienone is 1. The van der Waals surface area contributed by atoms with Gasteiger partial charge in [-0.3, -0.25) is 4.79 Å². The fourth-order valence-electron chi connectivity index (χ4n) is 3.00. The van der Waals surface area contributed by atoms with Crippen LogP contribution in [-0.4, -0.2) is 31.0 Å². The number of amides is 1. The number of ether oxygens (including phenoxy) is 1. The van der Waals surface area contributed by atoms with E-state index in [0.29, 0.717) is 5.92 Å². The zero-order valence-electron chi connectivity index (χ0n) is 12.8. The predicted octanol–water partition coefficient (Wildman–Crippen LogP) is 2.70. The lowest BCUT2D eigenvalue weighted by molar-refractivity contribution is -0.344. The van der Waals surface area contributed by atoms with Crippen LogP contribution in [0.1, 0.15) is 23.2 Å². The van der Waals surface area contributed by atoms with Crippen LogP contribution in [0.4, 0.5) is 0 Å². The average Bonchev–Trinajstić information content (AvgIpc) is 2.60. The van der Waals surface area contributed by atoms with Crippen molar-refractivity contribution >= 4 is 16.8 Å². The van der Waals surface area contributed by atoms with Crippen molar-refractivity contribution in [3.8, 4) is 5.75 Å². The van der Waals surface area contributed by atoms with Gasteiger partial charge in [-0.25, -0.2) is 4.98 Å². The van der Waals surface area contributed by atoms with Crippen LogP contribution >= 0.6 is 0 Å². The first-order valence-corrected chi connectivity index (χ1v) is 7.63. The first kappa shape index (κ1) is 14.6. The third kappa shape index (κ3) is 2.69. The Bertz CT molecular complexity index is 703. The van der Waals surface area contributed by atoms with Gasteiger partial charge in [0.2, 0.25) is 5.52 Å². The van der Waals surface area contributed by atoms with Crippen LogP contribution in [-0.2, 0) is 0 Å². The fourth-order valence-corrected chi connectivity index (χ4v) is 3.00. The first-order valence-electron chi connectivity index (χ1n) is 7.63. The molecule has 1 amide bonds. The smallest absolute Gasteiger partial charge is 0.254 e. The van der Waals surface area contributed by atoms with Crippen molar-refractivity contribution < 1.29 is 14.5 Å². The molecule has 0 aliphatic carbocycles. The summed E-state index contributed by atoms with van der Waals surface area (Å²) in [6.45, 7) is 5.43. The zero-order chi connectivity index (χ0) is 15.5. The van der Waals surface area contributed by atoms with Crippen molar-refractivity contribution in [1.82, 2.24) is 4.90 Å². The van der Waals surface area contributed by atoms with E-state index in [2.05, 4.69) is 11.6 Å². The number of pyridine rings is 1. The van der Waals surface area contributed by atoms with Gasteiger partial charge < -0.3 is 9.64 Å². The van der Waals surface area contributed by atoms with E-state index in [1.807, 2.05) is 41.4 Å². The number of nitrogens with one attached hydrogen (secondary N) is 1. The highest BCUT2D eigenvalue weighted by atomic mass is 16.5. The number of hydrogen-bond acceptors (Lipinski definition) is 2. The minimum absolute atomic E-state index is 0.0924. The van der Waals surface area contributed by atoms with E-state index in [9.17, 15) is 4.79 Å². The van der Waals surface area contributed by atoms with Gasteiger partial charge in [-0.1, -0.05) is 6.08 Å². The van der Waals surface area contributed by atoms with E-state index in [1.165, 1.54) is 0 Å². The van der Waals surface area contributed by atoms with E-state index in [-0.39, 0.29) is 5.91 Å². The number of carbonyl (C=O) groups excluding carboxylic acids is 1. The van der Waals surface area contributed by atoms with Crippen LogP contribution < -0.4 is 9.72 Å². The summed E-state index contributed by atoms with van der Waals surface area (Å²) in [5.41, 5.74) is 1.66. The van der Waals surface area contributed by atoms with Crippen molar-refractivity contribution in [2.24, 2.45) is 5.92 Å². The number of likely N-dealkylation sites (tertiary alicyclic amines) is 1. The molecule has 22 heavy (non-hydrogen) atoms. The van der Waals surface area contributed by atoms with Crippen molar-refractivity contribution in [3.63, 3.8) is 0 Å². The first-order chi connectivity index (χ1) is 10.7. The minimum atomic E-state index is 0.0924. The zero-order valence-corrected chi connectivity index (χ0v) is 12.8. The quantitative estimate of drug-likeness (QED) is 0.818. The number of piperidine rings is 1. The van der Waals surface area contributed by atoms with Gasteiger partial charge in [0.15, 0.2) is 6.20 Å². The Kier molecular flexibility index (Phi) is 4.09. The summed E-state index contributed by atoms with van der Waals surface area (Å²) >= 11 is 0. The fraction of sp³-hybridized carbons (Fsp3) is 0.333. The van der Waals surface area contributed by atoms with Gasteiger partial charge in [-0.15, -0.1) is 6.58 Å². The molecule has 0 spiro atoms. The maximum atomic E-state index is 12.9. The molecule has 1 aromatic heterocycles. The number of benzene rings is 1. The number of rotatable bonds is 3. The van der Waals surface area contributed by atoms with Gasteiger partial charge in [0.1, 0.15) is 5.75 Å². The number of hydrogen-bond donors (Lipinski definition) is 0. The summed E-state index contributed by atoms with van der Waals surface area (Å²) in [6.07, 6.45) is 5.81. The third-order valence-electron chi connectivity index (χ3n) is 4.40. The number of aromatic amines is 1. The molecule has 0 unspecified atom stereocenters. The van der Waals surface area contributed by atoms with Crippen LogP contribution in [0.5, 0.6) is 5.75 Å². The Labute approximate surface area is 130 Å². The Morgan fingerprint density at radius 1 is 1.36 bits per heavy atom. The van der Waals surface area contributed by atoms with Crippen LogP contribution in [0.15, 0.2) is 43.1 Å². The molecule has 0 saturated carbocycles. The van der Waals surface area contributed by atoms with E-state index in [4.69, 9.17) is 4.74 Å². The van der Waals surface area contributed by atoms with Crippen LogP contribution in [0.25, 0.3) is 10.9 Å². The monoisotopic (exact) mass is 297 g/mol. The van der Waals surface area contributed by atoms with E-state index in [1.54, 1.807) is 7.11 Å². The summed E-state index contributed by atoms with van der Waals surface area (Å²) in [6, 6.07) is 7.59. The second-order valence-electron chi connectivity index (χ2n) is 5.67. The Hall–Kier alpha value is -2.36.